The third kappa shape index (κ3) is 4.28. The lowest BCUT2D eigenvalue weighted by molar-refractivity contribution is 0.101. The first-order valence-corrected chi connectivity index (χ1v) is 11.2. The van der Waals surface area contributed by atoms with Crippen LogP contribution < -0.4 is 5.32 Å². The van der Waals surface area contributed by atoms with E-state index in [4.69, 9.17) is 0 Å². The molecule has 8 heteroatoms. The first-order valence-electron chi connectivity index (χ1n) is 8.92. The van der Waals surface area contributed by atoms with Crippen molar-refractivity contribution >= 4 is 37.5 Å². The zero-order valence-electron chi connectivity index (χ0n) is 15.7. The van der Waals surface area contributed by atoms with Crippen molar-refractivity contribution in [2.45, 2.75) is 31.6 Å². The van der Waals surface area contributed by atoms with Gasteiger partial charge in [0.25, 0.3) is 5.91 Å². The van der Waals surface area contributed by atoms with Gasteiger partial charge in [-0.1, -0.05) is 13.0 Å². The number of carbonyl (C=O) groups is 1. The molecule has 1 aliphatic rings. The average Bonchev–Trinajstić information content (AvgIpc) is 3.00. The van der Waals surface area contributed by atoms with Crippen molar-refractivity contribution in [1.82, 2.24) is 8.87 Å². The number of anilines is 1. The van der Waals surface area contributed by atoms with Crippen LogP contribution in [-0.4, -0.2) is 36.3 Å². The molecule has 2 heterocycles. The van der Waals surface area contributed by atoms with Gasteiger partial charge in [-0.05, 0) is 65.4 Å². The quantitative estimate of drug-likeness (QED) is 0.765. The lowest BCUT2D eigenvalue weighted by Gasteiger charge is -2.29. The standard InChI is InChI=1S/C19H24BrN3O3S/c1-13-6-7-17(16(20)9-13)21-19(24)18-10-15(12-22(18)3)27(25,26)23-8-4-5-14(2)11-23/h6-7,9-10,12,14H,4-5,8,11H2,1-3H3,(H,21,24)/t14-/m1/s1. The van der Waals surface area contributed by atoms with Crippen LogP contribution in [0.3, 0.4) is 0 Å². The van der Waals surface area contributed by atoms with Gasteiger partial charge in [0.1, 0.15) is 10.6 Å². The Morgan fingerprint density at radius 3 is 2.70 bits per heavy atom. The first-order chi connectivity index (χ1) is 12.7. The second kappa shape index (κ2) is 7.77. The topological polar surface area (TPSA) is 71.4 Å². The highest BCUT2D eigenvalue weighted by atomic mass is 79.9. The molecular formula is C19H24BrN3O3S. The fourth-order valence-electron chi connectivity index (χ4n) is 3.32. The number of aryl methyl sites for hydroxylation is 2. The summed E-state index contributed by atoms with van der Waals surface area (Å²) < 4.78 is 29.7. The van der Waals surface area contributed by atoms with Crippen molar-refractivity contribution in [1.29, 1.82) is 0 Å². The summed E-state index contributed by atoms with van der Waals surface area (Å²) >= 11 is 3.44. The molecule has 3 rings (SSSR count). The Morgan fingerprint density at radius 1 is 1.30 bits per heavy atom. The Kier molecular flexibility index (Phi) is 5.79. The molecule has 0 aliphatic carbocycles. The van der Waals surface area contributed by atoms with Gasteiger partial charge in [0, 0.05) is 30.8 Å². The summed E-state index contributed by atoms with van der Waals surface area (Å²) in [5.41, 5.74) is 2.01. The minimum absolute atomic E-state index is 0.159. The minimum atomic E-state index is -3.59. The number of sulfonamides is 1. The van der Waals surface area contributed by atoms with Crippen LogP contribution in [0.25, 0.3) is 0 Å². The fraction of sp³-hybridized carbons (Fsp3) is 0.421. The van der Waals surface area contributed by atoms with Gasteiger partial charge in [-0.2, -0.15) is 4.31 Å². The van der Waals surface area contributed by atoms with Crippen molar-refractivity contribution in [3.8, 4) is 0 Å². The molecule has 0 bridgehead atoms. The first kappa shape index (κ1) is 20.1. The number of benzene rings is 1. The molecule has 0 spiro atoms. The van der Waals surface area contributed by atoms with Crippen LogP contribution in [0.5, 0.6) is 0 Å². The van der Waals surface area contributed by atoms with Gasteiger partial charge >= 0.3 is 0 Å². The number of nitrogens with zero attached hydrogens (tertiary/aromatic N) is 2. The lowest BCUT2D eigenvalue weighted by atomic mass is 10.0. The van der Waals surface area contributed by atoms with Gasteiger partial charge in [-0.15, -0.1) is 0 Å². The zero-order chi connectivity index (χ0) is 19.8. The van der Waals surface area contributed by atoms with Crippen LogP contribution >= 0.6 is 15.9 Å². The van der Waals surface area contributed by atoms with Gasteiger partial charge in [-0.25, -0.2) is 8.42 Å². The fourth-order valence-corrected chi connectivity index (χ4v) is 5.59. The van der Waals surface area contributed by atoms with Gasteiger partial charge in [-0.3, -0.25) is 4.79 Å². The van der Waals surface area contributed by atoms with Crippen LogP contribution in [-0.2, 0) is 17.1 Å². The van der Waals surface area contributed by atoms with Gasteiger partial charge in [0.2, 0.25) is 10.0 Å². The number of amides is 1. The maximum absolute atomic E-state index is 12.9. The molecule has 1 amide bonds. The smallest absolute Gasteiger partial charge is 0.272 e. The Hall–Kier alpha value is -1.64. The van der Waals surface area contributed by atoms with Gasteiger partial charge < -0.3 is 9.88 Å². The van der Waals surface area contributed by atoms with Gasteiger partial charge in [0.15, 0.2) is 0 Å². The largest absolute Gasteiger partial charge is 0.345 e. The van der Waals surface area contributed by atoms with Crippen molar-refractivity contribution in [3.05, 3.63) is 46.2 Å². The van der Waals surface area contributed by atoms with E-state index in [2.05, 4.69) is 28.2 Å². The number of aromatic nitrogens is 1. The minimum Gasteiger partial charge on any atom is -0.345 e. The van der Waals surface area contributed by atoms with E-state index in [1.54, 1.807) is 11.6 Å². The van der Waals surface area contributed by atoms with E-state index in [9.17, 15) is 13.2 Å². The van der Waals surface area contributed by atoms with E-state index < -0.39 is 10.0 Å². The normalized spacial score (nSPS) is 18.4. The molecule has 1 saturated heterocycles. The van der Waals surface area contributed by atoms with E-state index in [1.165, 1.54) is 16.6 Å². The monoisotopic (exact) mass is 453 g/mol. The van der Waals surface area contributed by atoms with Crippen LogP contribution in [0.2, 0.25) is 0 Å². The zero-order valence-corrected chi connectivity index (χ0v) is 18.1. The summed E-state index contributed by atoms with van der Waals surface area (Å²) in [5, 5.41) is 2.83. The van der Waals surface area contributed by atoms with E-state index in [1.807, 2.05) is 25.1 Å². The molecule has 1 aromatic heterocycles. The summed E-state index contributed by atoms with van der Waals surface area (Å²) in [4.78, 5) is 12.8. The summed E-state index contributed by atoms with van der Waals surface area (Å²) in [6.45, 7) is 5.08. The van der Waals surface area contributed by atoms with E-state index >= 15 is 0 Å². The molecule has 0 unspecified atom stereocenters. The average molecular weight is 454 g/mol. The Morgan fingerprint density at radius 2 is 2.04 bits per heavy atom. The van der Waals surface area contributed by atoms with Gasteiger partial charge in [0.05, 0.1) is 5.69 Å². The lowest BCUT2D eigenvalue weighted by Crippen LogP contribution is -2.38. The number of rotatable bonds is 4. The number of nitrogens with one attached hydrogen (secondary N) is 1. The predicted molar refractivity (Wildman–Crippen MR) is 109 cm³/mol. The second-order valence-electron chi connectivity index (χ2n) is 7.22. The molecule has 2 aromatic rings. The molecule has 1 fully saturated rings. The third-order valence-corrected chi connectivity index (χ3v) is 7.33. The molecule has 0 saturated carbocycles. The highest BCUT2D eigenvalue weighted by molar-refractivity contribution is 9.10. The SMILES string of the molecule is Cc1ccc(NC(=O)c2cc(S(=O)(=O)N3CCC[C@@H](C)C3)cn2C)c(Br)c1. The van der Waals surface area contributed by atoms with E-state index in [0.717, 1.165) is 22.9 Å². The molecule has 1 aliphatic heterocycles. The number of hydrogen-bond donors (Lipinski definition) is 1. The number of hydrogen-bond acceptors (Lipinski definition) is 3. The maximum atomic E-state index is 12.9. The van der Waals surface area contributed by atoms with Crippen molar-refractivity contribution in [2.75, 3.05) is 18.4 Å². The summed E-state index contributed by atoms with van der Waals surface area (Å²) in [6.07, 6.45) is 3.41. The number of halogens is 1. The van der Waals surface area contributed by atoms with Crippen LogP contribution in [0.4, 0.5) is 5.69 Å². The summed E-state index contributed by atoms with van der Waals surface area (Å²) in [5.74, 6) is -0.00518. The molecule has 0 radical (unpaired) electrons. The number of carbonyl (C=O) groups excluding carboxylic acids is 1. The Labute approximate surface area is 168 Å². The Balaban J connectivity index is 1.84. The predicted octanol–water partition coefficient (Wildman–Crippen LogP) is 3.77. The van der Waals surface area contributed by atoms with Crippen LogP contribution in [0.15, 0.2) is 39.8 Å². The molecule has 1 aromatic carbocycles. The molecule has 1 N–H and O–H groups in total. The maximum Gasteiger partial charge on any atom is 0.272 e. The summed E-state index contributed by atoms with van der Waals surface area (Å²) in [7, 11) is -1.92. The molecule has 146 valence electrons. The molecule has 27 heavy (non-hydrogen) atoms. The van der Waals surface area contributed by atoms with Crippen molar-refractivity contribution in [2.24, 2.45) is 13.0 Å². The van der Waals surface area contributed by atoms with Crippen molar-refractivity contribution < 1.29 is 13.2 Å². The van der Waals surface area contributed by atoms with E-state index in [0.29, 0.717) is 30.4 Å². The van der Waals surface area contributed by atoms with Crippen LogP contribution in [0.1, 0.15) is 35.8 Å². The van der Waals surface area contributed by atoms with Crippen LogP contribution in [0, 0.1) is 12.8 Å². The number of piperidine rings is 1. The highest BCUT2D eigenvalue weighted by Gasteiger charge is 2.30. The van der Waals surface area contributed by atoms with E-state index in [-0.39, 0.29) is 10.8 Å². The molecule has 6 nitrogen and oxygen atoms in total. The molecular weight excluding hydrogens is 430 g/mol. The Bertz CT molecular complexity index is 969. The van der Waals surface area contributed by atoms with Crippen molar-refractivity contribution in [3.63, 3.8) is 0 Å². The molecule has 1 atom stereocenters. The summed E-state index contributed by atoms with van der Waals surface area (Å²) in [6, 6.07) is 7.08. The third-order valence-electron chi connectivity index (χ3n) is 4.84. The second-order valence-corrected chi connectivity index (χ2v) is 10.0. The highest BCUT2D eigenvalue weighted by Crippen LogP contribution is 2.26.